The summed E-state index contributed by atoms with van der Waals surface area (Å²) >= 11 is 0. The van der Waals surface area contributed by atoms with Crippen LogP contribution in [0.25, 0.3) is 0 Å². The molecule has 1 unspecified atom stereocenters. The van der Waals surface area contributed by atoms with Crippen LogP contribution < -0.4 is 27.4 Å². The molecule has 3 amide bonds. The molecule has 0 aliphatic carbocycles. The zero-order valence-corrected chi connectivity index (χ0v) is 21.1. The Labute approximate surface area is 221 Å². The van der Waals surface area contributed by atoms with Crippen LogP contribution >= 0.6 is 0 Å². The highest BCUT2D eigenvalue weighted by Gasteiger charge is 2.19. The van der Waals surface area contributed by atoms with Crippen LogP contribution in [-0.4, -0.2) is 54.8 Å². The number of nitrogens with one attached hydrogen (secondary N) is 3. The van der Waals surface area contributed by atoms with Gasteiger partial charge in [0.2, 0.25) is 0 Å². The number of carbonyl (C=O) groups is 3. The first kappa shape index (κ1) is 26.4. The van der Waals surface area contributed by atoms with Gasteiger partial charge >= 0.3 is 0 Å². The lowest BCUT2D eigenvalue weighted by atomic mass is 10.1. The molecule has 1 saturated heterocycles. The van der Waals surface area contributed by atoms with Crippen molar-refractivity contribution in [3.8, 4) is 0 Å². The van der Waals surface area contributed by atoms with Crippen molar-refractivity contribution in [2.24, 2.45) is 16.5 Å². The minimum Gasteiger partial charge on any atom is -0.370 e. The molecule has 196 valence electrons. The highest BCUT2D eigenvalue weighted by atomic mass is 16.2. The van der Waals surface area contributed by atoms with E-state index in [0.29, 0.717) is 33.8 Å². The van der Waals surface area contributed by atoms with Gasteiger partial charge in [0, 0.05) is 40.7 Å². The Balaban J connectivity index is 1.30. The minimum atomic E-state index is -0.307. The van der Waals surface area contributed by atoms with Crippen LogP contribution in [-0.2, 0) is 0 Å². The Morgan fingerprint density at radius 1 is 0.763 bits per heavy atom. The number of rotatable bonds is 7. The average Bonchev–Trinajstić information content (AvgIpc) is 2.89. The number of piperidine rings is 1. The van der Waals surface area contributed by atoms with Gasteiger partial charge in [0.25, 0.3) is 17.7 Å². The van der Waals surface area contributed by atoms with Gasteiger partial charge < -0.3 is 32.3 Å². The fourth-order valence-corrected chi connectivity index (χ4v) is 4.21. The summed E-state index contributed by atoms with van der Waals surface area (Å²) < 4.78 is 0. The topological polar surface area (TPSA) is 155 Å². The molecule has 10 nitrogen and oxygen atoms in total. The van der Waals surface area contributed by atoms with E-state index in [1.54, 1.807) is 72.8 Å². The number of hydrogen-bond acceptors (Lipinski definition) is 5. The predicted octanol–water partition coefficient (Wildman–Crippen LogP) is 2.92. The number of benzene rings is 3. The van der Waals surface area contributed by atoms with Gasteiger partial charge in [-0.3, -0.25) is 14.4 Å². The summed E-state index contributed by atoms with van der Waals surface area (Å²) in [4.78, 5) is 43.9. The number of anilines is 2. The van der Waals surface area contributed by atoms with E-state index >= 15 is 0 Å². The molecular formula is C28H31N7O3. The van der Waals surface area contributed by atoms with E-state index in [-0.39, 0.29) is 29.7 Å². The number of amides is 3. The maximum absolute atomic E-state index is 12.7. The Morgan fingerprint density at radius 3 is 1.71 bits per heavy atom. The molecular weight excluding hydrogens is 482 g/mol. The summed E-state index contributed by atoms with van der Waals surface area (Å²) in [5.74, 6) is -0.793. The molecule has 0 saturated carbocycles. The molecule has 4 rings (SSSR count). The summed E-state index contributed by atoms with van der Waals surface area (Å²) in [6.45, 7) is 1.89. The van der Waals surface area contributed by atoms with Crippen LogP contribution in [0.3, 0.4) is 0 Å². The molecule has 1 atom stereocenters. The second-order valence-electron chi connectivity index (χ2n) is 9.22. The second kappa shape index (κ2) is 12.0. The summed E-state index contributed by atoms with van der Waals surface area (Å²) in [7, 11) is 2.05. The molecule has 1 heterocycles. The summed E-state index contributed by atoms with van der Waals surface area (Å²) in [5, 5.41) is 8.69. The van der Waals surface area contributed by atoms with Gasteiger partial charge in [-0.05, 0) is 99.2 Å². The maximum atomic E-state index is 12.7. The van der Waals surface area contributed by atoms with E-state index < -0.39 is 0 Å². The van der Waals surface area contributed by atoms with Crippen LogP contribution in [0.1, 0.15) is 43.9 Å². The minimum absolute atomic E-state index is 0.0611. The zero-order valence-electron chi connectivity index (χ0n) is 21.1. The van der Waals surface area contributed by atoms with Gasteiger partial charge in [-0.15, -0.1) is 0 Å². The van der Waals surface area contributed by atoms with Crippen molar-refractivity contribution in [3.05, 3.63) is 89.5 Å². The zero-order chi connectivity index (χ0) is 27.1. The van der Waals surface area contributed by atoms with Gasteiger partial charge in [0.05, 0.1) is 5.69 Å². The van der Waals surface area contributed by atoms with Crippen LogP contribution in [0.2, 0.25) is 0 Å². The third-order valence-electron chi connectivity index (χ3n) is 6.16. The summed E-state index contributed by atoms with van der Waals surface area (Å²) in [5.41, 5.74) is 13.8. The molecule has 38 heavy (non-hydrogen) atoms. The highest BCUT2D eigenvalue weighted by molar-refractivity contribution is 6.06. The predicted molar refractivity (Wildman–Crippen MR) is 149 cm³/mol. The molecule has 7 N–H and O–H groups in total. The van der Waals surface area contributed by atoms with Crippen molar-refractivity contribution in [1.82, 2.24) is 10.2 Å². The van der Waals surface area contributed by atoms with Gasteiger partial charge in [-0.2, -0.15) is 0 Å². The smallest absolute Gasteiger partial charge is 0.255 e. The molecule has 10 heteroatoms. The van der Waals surface area contributed by atoms with Gasteiger partial charge in [0.15, 0.2) is 5.96 Å². The molecule has 1 aliphatic heterocycles. The Hall–Kier alpha value is -4.70. The molecule has 0 radical (unpaired) electrons. The van der Waals surface area contributed by atoms with E-state index in [1.807, 2.05) is 0 Å². The number of nitrogens with two attached hydrogens (primary N) is 2. The van der Waals surface area contributed by atoms with Gasteiger partial charge in [-0.25, -0.2) is 4.99 Å². The van der Waals surface area contributed by atoms with Gasteiger partial charge in [0.1, 0.15) is 0 Å². The number of likely N-dealkylation sites (tertiary alicyclic amines) is 1. The molecule has 0 aromatic heterocycles. The van der Waals surface area contributed by atoms with Gasteiger partial charge in [-0.1, -0.05) is 0 Å². The van der Waals surface area contributed by atoms with Crippen molar-refractivity contribution >= 4 is 40.7 Å². The quantitative estimate of drug-likeness (QED) is 0.242. The van der Waals surface area contributed by atoms with Crippen molar-refractivity contribution in [2.45, 2.75) is 18.9 Å². The van der Waals surface area contributed by atoms with Crippen LogP contribution in [0, 0.1) is 0 Å². The lowest BCUT2D eigenvalue weighted by Gasteiger charge is -2.30. The number of guanidine groups is 1. The lowest BCUT2D eigenvalue weighted by molar-refractivity contribution is 0.0911. The van der Waals surface area contributed by atoms with E-state index in [4.69, 9.17) is 11.5 Å². The normalized spacial score (nSPS) is 15.2. The van der Waals surface area contributed by atoms with Crippen molar-refractivity contribution < 1.29 is 14.4 Å². The molecule has 0 spiro atoms. The third-order valence-corrected chi connectivity index (χ3v) is 6.16. The van der Waals surface area contributed by atoms with Crippen molar-refractivity contribution in [2.75, 3.05) is 30.8 Å². The second-order valence-corrected chi connectivity index (χ2v) is 9.22. The first-order valence-corrected chi connectivity index (χ1v) is 12.3. The molecule has 3 aromatic carbocycles. The van der Waals surface area contributed by atoms with Crippen molar-refractivity contribution in [1.29, 1.82) is 0 Å². The number of hydrogen-bond donors (Lipinski definition) is 5. The Kier molecular flexibility index (Phi) is 8.34. The molecule has 1 aliphatic rings. The third kappa shape index (κ3) is 7.17. The largest absolute Gasteiger partial charge is 0.370 e. The monoisotopic (exact) mass is 513 g/mol. The fourth-order valence-electron chi connectivity index (χ4n) is 4.21. The maximum Gasteiger partial charge on any atom is 0.255 e. The van der Waals surface area contributed by atoms with Crippen LogP contribution in [0.4, 0.5) is 17.1 Å². The van der Waals surface area contributed by atoms with E-state index in [1.165, 1.54) is 0 Å². The van der Waals surface area contributed by atoms with Crippen LogP contribution in [0.5, 0.6) is 0 Å². The highest BCUT2D eigenvalue weighted by Crippen LogP contribution is 2.17. The van der Waals surface area contributed by atoms with E-state index in [2.05, 4.69) is 32.9 Å². The standard InChI is InChI=1S/C28H31N7O3/c1-35-16-2-3-24(17-35)33-27(38)20-6-12-22(13-7-20)31-25(36)18-4-10-21(11-5-18)32-26(37)19-8-14-23(15-9-19)34-28(29)30/h4-15,24H,2-3,16-17H2,1H3,(H,31,36)(H,32,37)(H,33,38)(H4,29,30,34). The first-order chi connectivity index (χ1) is 18.3. The average molecular weight is 514 g/mol. The lowest BCUT2D eigenvalue weighted by Crippen LogP contribution is -2.46. The first-order valence-electron chi connectivity index (χ1n) is 12.3. The summed E-state index contributed by atoms with van der Waals surface area (Å²) in [6.07, 6.45) is 2.04. The van der Waals surface area contributed by atoms with E-state index in [9.17, 15) is 14.4 Å². The van der Waals surface area contributed by atoms with Crippen molar-refractivity contribution in [3.63, 3.8) is 0 Å². The van der Waals surface area contributed by atoms with Crippen LogP contribution in [0.15, 0.2) is 77.8 Å². The Bertz CT molecular complexity index is 1320. The fraction of sp³-hybridized carbons (Fsp3) is 0.214. The van der Waals surface area contributed by atoms with E-state index in [0.717, 1.165) is 25.9 Å². The summed E-state index contributed by atoms with van der Waals surface area (Å²) in [6, 6.07) is 20.0. The molecule has 3 aromatic rings. The number of likely N-dealkylation sites (N-methyl/N-ethyl adjacent to an activating group) is 1. The number of nitrogens with zero attached hydrogens (tertiary/aromatic N) is 2. The Morgan fingerprint density at radius 2 is 1.24 bits per heavy atom. The number of carbonyl (C=O) groups excluding carboxylic acids is 3. The molecule has 0 bridgehead atoms. The molecule has 1 fully saturated rings. The SMILES string of the molecule is CN1CCCC(NC(=O)c2ccc(NC(=O)c3ccc(NC(=O)c4ccc(N=C(N)N)cc4)cc3)cc2)C1. The number of aliphatic imine (C=N–C) groups is 1.